The van der Waals surface area contributed by atoms with Crippen molar-refractivity contribution in [3.05, 3.63) is 59.2 Å². The highest BCUT2D eigenvalue weighted by Crippen LogP contribution is 2.21. The first kappa shape index (κ1) is 14.9. The predicted octanol–water partition coefficient (Wildman–Crippen LogP) is 4.86. The molecular weight excluding hydrogens is 296 g/mol. The third-order valence-electron chi connectivity index (χ3n) is 3.71. The maximum Gasteiger partial charge on any atom is 0.119 e. The number of rotatable bonds is 6. The van der Waals surface area contributed by atoms with Crippen molar-refractivity contribution in [2.24, 2.45) is 0 Å². The Hall–Kier alpha value is -2.00. The first-order chi connectivity index (χ1) is 10.7. The molecule has 0 bridgehead atoms. The molecule has 0 spiro atoms. The van der Waals surface area contributed by atoms with Gasteiger partial charge in [-0.2, -0.15) is 5.10 Å². The molecule has 3 rings (SSSR count). The number of hydrogen-bond acceptors (Lipinski definition) is 2. The molecule has 3 nitrogen and oxygen atoms in total. The number of ether oxygens (including phenoxy) is 1. The number of benzene rings is 2. The minimum Gasteiger partial charge on any atom is -0.494 e. The molecule has 0 amide bonds. The Morgan fingerprint density at radius 3 is 2.86 bits per heavy atom. The zero-order valence-electron chi connectivity index (χ0n) is 12.6. The van der Waals surface area contributed by atoms with Crippen LogP contribution in [0, 0.1) is 6.92 Å². The summed E-state index contributed by atoms with van der Waals surface area (Å²) >= 11 is 6.00. The van der Waals surface area contributed by atoms with Gasteiger partial charge in [-0.15, -0.1) is 0 Å². The smallest absolute Gasteiger partial charge is 0.119 e. The van der Waals surface area contributed by atoms with Crippen molar-refractivity contribution >= 4 is 22.5 Å². The average Bonchev–Trinajstić information content (AvgIpc) is 2.94. The number of aromatic nitrogens is 2. The highest BCUT2D eigenvalue weighted by molar-refractivity contribution is 6.31. The summed E-state index contributed by atoms with van der Waals surface area (Å²) in [5, 5.41) is 6.40. The Balaban J connectivity index is 1.46. The monoisotopic (exact) mass is 314 g/mol. The molecule has 1 heterocycles. The van der Waals surface area contributed by atoms with Crippen LogP contribution in [0.25, 0.3) is 10.9 Å². The van der Waals surface area contributed by atoms with Crippen molar-refractivity contribution in [3.8, 4) is 5.75 Å². The molecule has 2 aromatic carbocycles. The second kappa shape index (κ2) is 6.84. The molecule has 4 heteroatoms. The van der Waals surface area contributed by atoms with Gasteiger partial charge in [-0.3, -0.25) is 4.68 Å². The summed E-state index contributed by atoms with van der Waals surface area (Å²) < 4.78 is 7.82. The Bertz CT molecular complexity index is 767. The van der Waals surface area contributed by atoms with Gasteiger partial charge in [0.1, 0.15) is 5.75 Å². The SMILES string of the molecule is Cc1cc(OCCCCn2ncc3ccccc32)ccc1Cl. The van der Waals surface area contributed by atoms with Crippen LogP contribution in [0.1, 0.15) is 18.4 Å². The van der Waals surface area contributed by atoms with E-state index in [1.54, 1.807) is 0 Å². The second-order valence-corrected chi connectivity index (χ2v) is 5.80. The van der Waals surface area contributed by atoms with Crippen LogP contribution in [0.2, 0.25) is 5.02 Å². The fraction of sp³-hybridized carbons (Fsp3) is 0.278. The molecule has 0 N–H and O–H groups in total. The number of aryl methyl sites for hydroxylation is 2. The number of para-hydroxylation sites is 1. The lowest BCUT2D eigenvalue weighted by molar-refractivity contribution is 0.302. The largest absolute Gasteiger partial charge is 0.494 e. The van der Waals surface area contributed by atoms with Gasteiger partial charge >= 0.3 is 0 Å². The first-order valence-corrected chi connectivity index (χ1v) is 7.91. The van der Waals surface area contributed by atoms with Crippen LogP contribution in [-0.4, -0.2) is 16.4 Å². The third-order valence-corrected chi connectivity index (χ3v) is 4.14. The second-order valence-electron chi connectivity index (χ2n) is 5.39. The average molecular weight is 315 g/mol. The summed E-state index contributed by atoms with van der Waals surface area (Å²) in [6.45, 7) is 3.61. The number of halogens is 1. The summed E-state index contributed by atoms with van der Waals surface area (Å²) in [6.07, 6.45) is 3.95. The lowest BCUT2D eigenvalue weighted by atomic mass is 10.2. The number of nitrogens with zero attached hydrogens (tertiary/aromatic N) is 2. The van der Waals surface area contributed by atoms with Crippen molar-refractivity contribution in [3.63, 3.8) is 0 Å². The summed E-state index contributed by atoms with van der Waals surface area (Å²) in [5.41, 5.74) is 2.24. The lowest BCUT2D eigenvalue weighted by Crippen LogP contribution is -2.03. The normalized spacial score (nSPS) is 11.0. The molecule has 0 aliphatic heterocycles. The summed E-state index contributed by atoms with van der Waals surface area (Å²) in [6, 6.07) is 14.0. The van der Waals surface area contributed by atoms with Gasteiger partial charge in [0.15, 0.2) is 0 Å². The van der Waals surface area contributed by atoms with E-state index in [9.17, 15) is 0 Å². The lowest BCUT2D eigenvalue weighted by Gasteiger charge is -2.08. The molecule has 0 unspecified atom stereocenters. The van der Waals surface area contributed by atoms with Crippen LogP contribution >= 0.6 is 11.6 Å². The van der Waals surface area contributed by atoms with E-state index in [-0.39, 0.29) is 0 Å². The van der Waals surface area contributed by atoms with Gasteiger partial charge in [0.2, 0.25) is 0 Å². The summed E-state index contributed by atoms with van der Waals surface area (Å²) in [4.78, 5) is 0. The Labute approximate surface area is 135 Å². The van der Waals surface area contributed by atoms with Crippen LogP contribution in [0.5, 0.6) is 5.75 Å². The summed E-state index contributed by atoms with van der Waals surface area (Å²) in [5.74, 6) is 0.881. The Kier molecular flexibility index (Phi) is 4.64. The van der Waals surface area contributed by atoms with Crippen LogP contribution < -0.4 is 4.74 Å². The number of hydrogen-bond donors (Lipinski definition) is 0. The van der Waals surface area contributed by atoms with E-state index in [1.807, 2.05) is 43.5 Å². The highest BCUT2D eigenvalue weighted by Gasteiger charge is 2.02. The molecular formula is C18H19ClN2O. The molecule has 1 aromatic heterocycles. The van der Waals surface area contributed by atoms with E-state index < -0.39 is 0 Å². The third kappa shape index (κ3) is 3.42. The number of fused-ring (bicyclic) bond motifs is 1. The van der Waals surface area contributed by atoms with Crippen molar-refractivity contribution < 1.29 is 4.74 Å². The van der Waals surface area contributed by atoms with E-state index in [0.29, 0.717) is 6.61 Å². The van der Waals surface area contributed by atoms with Crippen molar-refractivity contribution in [2.75, 3.05) is 6.61 Å². The van der Waals surface area contributed by atoms with Crippen LogP contribution in [0.3, 0.4) is 0 Å². The van der Waals surface area contributed by atoms with Crippen molar-refractivity contribution in [1.29, 1.82) is 0 Å². The van der Waals surface area contributed by atoms with E-state index in [2.05, 4.69) is 21.9 Å². The molecule has 0 aliphatic rings. The molecule has 3 aromatic rings. The highest BCUT2D eigenvalue weighted by atomic mass is 35.5. The fourth-order valence-corrected chi connectivity index (χ4v) is 2.58. The molecule has 0 saturated heterocycles. The van der Waals surface area contributed by atoms with Gasteiger partial charge in [-0.25, -0.2) is 0 Å². The van der Waals surface area contributed by atoms with E-state index in [4.69, 9.17) is 16.3 Å². The fourth-order valence-electron chi connectivity index (χ4n) is 2.46. The molecule has 0 aliphatic carbocycles. The summed E-state index contributed by atoms with van der Waals surface area (Å²) in [7, 11) is 0. The topological polar surface area (TPSA) is 27.1 Å². The van der Waals surface area contributed by atoms with Crippen LogP contribution in [-0.2, 0) is 6.54 Å². The maximum atomic E-state index is 6.00. The molecule has 0 atom stereocenters. The molecule has 22 heavy (non-hydrogen) atoms. The van der Waals surface area contributed by atoms with E-state index >= 15 is 0 Å². The zero-order chi connectivity index (χ0) is 15.4. The van der Waals surface area contributed by atoms with Gasteiger partial charge in [0.25, 0.3) is 0 Å². The molecule has 0 saturated carbocycles. The standard InChI is InChI=1S/C18H19ClN2O/c1-14-12-16(8-9-17(14)19)22-11-5-4-10-21-18-7-3-2-6-15(18)13-20-21/h2-3,6-9,12-13H,4-5,10-11H2,1H3. The van der Waals surface area contributed by atoms with Gasteiger partial charge in [0.05, 0.1) is 18.3 Å². The first-order valence-electron chi connectivity index (χ1n) is 7.53. The van der Waals surface area contributed by atoms with Crippen molar-refractivity contribution in [2.45, 2.75) is 26.3 Å². The molecule has 0 radical (unpaired) electrons. The Morgan fingerprint density at radius 2 is 2.00 bits per heavy atom. The minimum atomic E-state index is 0.709. The van der Waals surface area contributed by atoms with E-state index in [1.165, 1.54) is 10.9 Å². The molecule has 0 fully saturated rings. The van der Waals surface area contributed by atoms with Gasteiger partial charge in [-0.1, -0.05) is 29.8 Å². The van der Waals surface area contributed by atoms with Gasteiger partial charge < -0.3 is 4.74 Å². The minimum absolute atomic E-state index is 0.709. The predicted molar refractivity (Wildman–Crippen MR) is 90.7 cm³/mol. The van der Waals surface area contributed by atoms with Gasteiger partial charge in [0, 0.05) is 17.0 Å². The number of unbranched alkanes of at least 4 members (excludes halogenated alkanes) is 1. The van der Waals surface area contributed by atoms with Gasteiger partial charge in [-0.05, 0) is 49.6 Å². The van der Waals surface area contributed by atoms with Crippen LogP contribution in [0.4, 0.5) is 0 Å². The van der Waals surface area contributed by atoms with Crippen molar-refractivity contribution in [1.82, 2.24) is 9.78 Å². The Morgan fingerprint density at radius 1 is 1.14 bits per heavy atom. The molecule has 114 valence electrons. The quantitative estimate of drug-likeness (QED) is 0.608. The zero-order valence-corrected chi connectivity index (χ0v) is 13.4. The van der Waals surface area contributed by atoms with Crippen LogP contribution in [0.15, 0.2) is 48.7 Å². The maximum absolute atomic E-state index is 6.00. The van der Waals surface area contributed by atoms with E-state index in [0.717, 1.165) is 35.7 Å².